The average Bonchev–Trinajstić information content (AvgIpc) is 2.90. The van der Waals surface area contributed by atoms with Crippen molar-refractivity contribution in [3.8, 4) is 0 Å². The van der Waals surface area contributed by atoms with Crippen molar-refractivity contribution in [3.63, 3.8) is 0 Å². The molecule has 20 heavy (non-hydrogen) atoms. The maximum Gasteiger partial charge on any atom is 0.365 e. The van der Waals surface area contributed by atoms with Gasteiger partial charge in [-0.2, -0.15) is 0 Å². The largest absolute Gasteiger partial charge is 0.365 e. The highest BCUT2D eigenvalue weighted by Crippen LogP contribution is 2.60. The predicted molar refractivity (Wildman–Crippen MR) is 78.5 cm³/mol. The molecule has 2 fully saturated rings. The molecule has 106 valence electrons. The number of oxime groups is 1. The molecule has 0 unspecified atom stereocenters. The summed E-state index contributed by atoms with van der Waals surface area (Å²) in [5.41, 5.74) is 1.77. The van der Waals surface area contributed by atoms with Crippen molar-refractivity contribution in [3.05, 3.63) is 35.9 Å². The molecule has 0 saturated heterocycles. The molecule has 0 amide bonds. The topological polar surface area (TPSA) is 38.7 Å². The van der Waals surface area contributed by atoms with Crippen molar-refractivity contribution in [2.75, 3.05) is 0 Å². The number of carbonyl (C=O) groups excluding carboxylic acids is 1. The maximum atomic E-state index is 12.0. The Labute approximate surface area is 120 Å². The Morgan fingerprint density at radius 2 is 1.95 bits per heavy atom. The van der Waals surface area contributed by atoms with Crippen LogP contribution < -0.4 is 0 Å². The van der Waals surface area contributed by atoms with Crippen molar-refractivity contribution in [1.82, 2.24) is 0 Å². The number of hydrogen-bond acceptors (Lipinski definition) is 3. The van der Waals surface area contributed by atoms with E-state index in [0.29, 0.717) is 11.5 Å². The molecule has 2 saturated carbocycles. The molecule has 1 aromatic carbocycles. The van der Waals surface area contributed by atoms with Crippen molar-refractivity contribution >= 4 is 11.7 Å². The van der Waals surface area contributed by atoms with Gasteiger partial charge in [-0.1, -0.05) is 44.1 Å². The Balaban J connectivity index is 1.81. The van der Waals surface area contributed by atoms with Crippen LogP contribution in [0.15, 0.2) is 35.5 Å². The third-order valence-electron chi connectivity index (χ3n) is 5.17. The molecular weight excluding hydrogens is 250 g/mol. The first-order valence-corrected chi connectivity index (χ1v) is 7.29. The molecule has 2 aliphatic carbocycles. The second-order valence-electron chi connectivity index (χ2n) is 6.91. The number of carbonyl (C=O) groups is 1. The van der Waals surface area contributed by atoms with Crippen LogP contribution in [0.25, 0.3) is 0 Å². The van der Waals surface area contributed by atoms with Crippen molar-refractivity contribution < 1.29 is 9.63 Å². The Bertz CT molecular complexity index is 555. The third-order valence-corrected chi connectivity index (χ3v) is 5.17. The molecule has 0 N–H and O–H groups in total. The lowest BCUT2D eigenvalue weighted by Crippen LogP contribution is -2.36. The van der Waals surface area contributed by atoms with Crippen LogP contribution >= 0.6 is 0 Å². The zero-order valence-corrected chi connectivity index (χ0v) is 12.3. The van der Waals surface area contributed by atoms with Gasteiger partial charge in [0, 0.05) is 10.8 Å². The molecule has 3 nitrogen and oxygen atoms in total. The van der Waals surface area contributed by atoms with Gasteiger partial charge in [0.2, 0.25) is 0 Å². The van der Waals surface area contributed by atoms with Crippen LogP contribution in [0.4, 0.5) is 0 Å². The Morgan fingerprint density at radius 1 is 1.25 bits per heavy atom. The van der Waals surface area contributed by atoms with Gasteiger partial charge in [0.1, 0.15) is 0 Å². The molecule has 3 heteroatoms. The van der Waals surface area contributed by atoms with Crippen LogP contribution in [0, 0.1) is 16.7 Å². The van der Waals surface area contributed by atoms with Gasteiger partial charge in [-0.3, -0.25) is 0 Å². The van der Waals surface area contributed by atoms with Crippen LogP contribution in [0.5, 0.6) is 0 Å². The van der Waals surface area contributed by atoms with Gasteiger partial charge in [0.05, 0.1) is 11.3 Å². The third kappa shape index (κ3) is 1.96. The molecule has 0 aliphatic heterocycles. The van der Waals surface area contributed by atoms with E-state index in [0.717, 1.165) is 12.1 Å². The first-order chi connectivity index (χ1) is 9.43. The summed E-state index contributed by atoms with van der Waals surface area (Å²) in [5, 5.41) is 4.27. The van der Waals surface area contributed by atoms with E-state index in [1.807, 2.05) is 18.2 Å². The van der Waals surface area contributed by atoms with E-state index in [1.165, 1.54) is 12.8 Å². The van der Waals surface area contributed by atoms with Gasteiger partial charge < -0.3 is 4.84 Å². The van der Waals surface area contributed by atoms with E-state index in [4.69, 9.17) is 4.84 Å². The van der Waals surface area contributed by atoms with Crippen LogP contribution in [-0.2, 0) is 4.84 Å². The average molecular weight is 271 g/mol. The van der Waals surface area contributed by atoms with Gasteiger partial charge in [0.25, 0.3) is 0 Å². The number of benzene rings is 1. The van der Waals surface area contributed by atoms with Gasteiger partial charge in [-0.15, -0.1) is 0 Å². The van der Waals surface area contributed by atoms with Gasteiger partial charge in [-0.25, -0.2) is 4.79 Å². The van der Waals surface area contributed by atoms with Crippen molar-refractivity contribution in [2.45, 2.75) is 40.0 Å². The second-order valence-corrected chi connectivity index (χ2v) is 6.91. The summed E-state index contributed by atoms with van der Waals surface area (Å²) in [6, 6.07) is 9.02. The molecular formula is C17H21NO2. The highest BCUT2D eigenvalue weighted by atomic mass is 16.7. The number of hydrogen-bond donors (Lipinski definition) is 0. The van der Waals surface area contributed by atoms with E-state index in [2.05, 4.69) is 25.9 Å². The molecule has 2 aliphatic rings. The highest BCUT2D eigenvalue weighted by Gasteiger charge is 2.57. The zero-order chi connectivity index (χ0) is 14.4. The van der Waals surface area contributed by atoms with Crippen molar-refractivity contribution in [1.29, 1.82) is 0 Å². The molecule has 0 heterocycles. The second kappa shape index (κ2) is 4.44. The Morgan fingerprint density at radius 3 is 2.55 bits per heavy atom. The summed E-state index contributed by atoms with van der Waals surface area (Å²) in [4.78, 5) is 17.2. The van der Waals surface area contributed by atoms with Crippen molar-refractivity contribution in [2.24, 2.45) is 21.9 Å². The fraction of sp³-hybridized carbons (Fsp3) is 0.529. The molecule has 0 radical (unpaired) electrons. The van der Waals surface area contributed by atoms with Gasteiger partial charge in [0.15, 0.2) is 0 Å². The summed E-state index contributed by atoms with van der Waals surface area (Å²) >= 11 is 0. The van der Waals surface area contributed by atoms with Crippen LogP contribution in [0.2, 0.25) is 0 Å². The van der Waals surface area contributed by atoms with E-state index in [1.54, 1.807) is 12.1 Å². The predicted octanol–water partition coefficient (Wildman–Crippen LogP) is 4.05. The smallest absolute Gasteiger partial charge is 0.313 e. The SMILES string of the molecule is CC1(C)/C(=N/OC(=O)c2ccccc2)[C@@]2(C)CC[C@@H]1C2. The molecule has 2 atom stereocenters. The minimum absolute atomic E-state index is 0.0456. The summed E-state index contributed by atoms with van der Waals surface area (Å²) in [5.74, 6) is 0.293. The van der Waals surface area contributed by atoms with Crippen LogP contribution in [0.1, 0.15) is 50.4 Å². The Hall–Kier alpha value is -1.64. The van der Waals surface area contributed by atoms with E-state index in [9.17, 15) is 4.79 Å². The fourth-order valence-corrected chi connectivity index (χ4v) is 3.98. The molecule has 1 aromatic rings. The number of fused-ring (bicyclic) bond motifs is 2. The quantitative estimate of drug-likeness (QED) is 0.601. The molecule has 0 spiro atoms. The minimum Gasteiger partial charge on any atom is -0.313 e. The monoisotopic (exact) mass is 271 g/mol. The first-order valence-electron chi connectivity index (χ1n) is 7.29. The Kier molecular flexibility index (Phi) is 2.96. The first kappa shape index (κ1) is 13.3. The van der Waals surface area contributed by atoms with E-state index < -0.39 is 0 Å². The molecule has 3 rings (SSSR count). The summed E-state index contributed by atoms with van der Waals surface area (Å²) in [7, 11) is 0. The van der Waals surface area contributed by atoms with E-state index >= 15 is 0 Å². The molecule has 2 bridgehead atoms. The summed E-state index contributed by atoms with van der Waals surface area (Å²) in [6.45, 7) is 6.69. The standard InChI is InChI=1S/C17H21NO2/c1-16(2)13-9-10-17(3,11-13)15(16)18-20-14(19)12-7-5-4-6-8-12/h4-8,13H,9-11H2,1-3H3/b18-15-/t13-,17+/m1/s1. The lowest BCUT2D eigenvalue weighted by Gasteiger charge is -2.34. The minimum atomic E-state index is -0.375. The summed E-state index contributed by atoms with van der Waals surface area (Å²) in [6.07, 6.45) is 3.58. The lowest BCUT2D eigenvalue weighted by molar-refractivity contribution is 0.0506. The number of rotatable bonds is 2. The lowest BCUT2D eigenvalue weighted by atomic mass is 9.71. The summed E-state index contributed by atoms with van der Waals surface area (Å²) < 4.78 is 0. The maximum absolute atomic E-state index is 12.0. The van der Waals surface area contributed by atoms with Crippen LogP contribution in [0.3, 0.4) is 0 Å². The zero-order valence-electron chi connectivity index (χ0n) is 12.3. The number of nitrogens with zero attached hydrogens (tertiary/aromatic N) is 1. The highest BCUT2D eigenvalue weighted by molar-refractivity contribution is 5.98. The van der Waals surface area contributed by atoms with E-state index in [-0.39, 0.29) is 16.8 Å². The normalized spacial score (nSPS) is 32.5. The fourth-order valence-electron chi connectivity index (χ4n) is 3.98. The van der Waals surface area contributed by atoms with Crippen LogP contribution in [-0.4, -0.2) is 11.7 Å². The molecule has 0 aromatic heterocycles. The van der Waals surface area contributed by atoms with Gasteiger partial charge >= 0.3 is 5.97 Å². The van der Waals surface area contributed by atoms with Gasteiger partial charge in [-0.05, 0) is 37.3 Å².